The van der Waals surface area contributed by atoms with Gasteiger partial charge in [-0.25, -0.2) is 4.79 Å². The van der Waals surface area contributed by atoms with Crippen LogP contribution in [0.3, 0.4) is 0 Å². The van der Waals surface area contributed by atoms with Gasteiger partial charge in [0.25, 0.3) is 0 Å². The van der Waals surface area contributed by atoms with E-state index < -0.39 is 0 Å². The minimum atomic E-state index is -0.145. The van der Waals surface area contributed by atoms with Crippen molar-refractivity contribution in [2.24, 2.45) is 17.8 Å². The molecule has 3 heteroatoms. The van der Waals surface area contributed by atoms with Crippen molar-refractivity contribution in [1.82, 2.24) is 0 Å². The van der Waals surface area contributed by atoms with Gasteiger partial charge in [-0.3, -0.25) is 0 Å². The van der Waals surface area contributed by atoms with Gasteiger partial charge in [0.05, 0.1) is 6.61 Å². The number of hydrogen-bond acceptors (Lipinski definition) is 2. The quantitative estimate of drug-likeness (QED) is 0.0579. The van der Waals surface area contributed by atoms with E-state index in [1.165, 1.54) is 115 Å². The van der Waals surface area contributed by atoms with Crippen molar-refractivity contribution in [3.05, 3.63) is 11.6 Å². The molecule has 0 amide bonds. The molecule has 0 N–H and O–H groups in total. The second kappa shape index (κ2) is 27.3. The maximum Gasteiger partial charge on any atom is 1.00 e. The Kier molecular flexibility index (Phi) is 29.1. The smallest absolute Gasteiger partial charge is 1.00 e. The van der Waals surface area contributed by atoms with Crippen LogP contribution in [0.4, 0.5) is 0 Å². The van der Waals surface area contributed by atoms with E-state index in [0.29, 0.717) is 6.61 Å². The van der Waals surface area contributed by atoms with Crippen molar-refractivity contribution in [2.75, 3.05) is 6.61 Å². The molecule has 0 aromatic carbocycles. The molecule has 2 nitrogen and oxygen atoms in total. The SMILES string of the molecule is CCCCCCCCCCCCOC(=O)/C=C(\C)CCC[C@H](C)CCC[C@H](C)CCCC(C)C.[H-].[Na+]. The second-order valence-corrected chi connectivity index (χ2v) is 11.7. The molecule has 0 saturated carbocycles. The van der Waals surface area contributed by atoms with Crippen molar-refractivity contribution in [3.63, 3.8) is 0 Å². The molecule has 0 aliphatic rings. The number of ether oxygens (including phenoxy) is 1. The molecular weight excluding hydrogens is 439 g/mol. The van der Waals surface area contributed by atoms with E-state index in [1.807, 2.05) is 0 Å². The van der Waals surface area contributed by atoms with Gasteiger partial charge < -0.3 is 6.16 Å². The third-order valence-corrected chi connectivity index (χ3v) is 7.25. The first-order valence-electron chi connectivity index (χ1n) is 15.2. The van der Waals surface area contributed by atoms with Gasteiger partial charge in [-0.2, -0.15) is 0 Å². The van der Waals surface area contributed by atoms with E-state index in [2.05, 4.69) is 41.5 Å². The number of hydrogen-bond donors (Lipinski definition) is 0. The van der Waals surface area contributed by atoms with Crippen molar-refractivity contribution < 1.29 is 40.5 Å². The van der Waals surface area contributed by atoms with E-state index in [4.69, 9.17) is 4.74 Å². The molecule has 0 unspecified atom stereocenters. The number of rotatable bonds is 24. The summed E-state index contributed by atoms with van der Waals surface area (Å²) < 4.78 is 5.41. The van der Waals surface area contributed by atoms with Crippen LogP contribution in [0.25, 0.3) is 0 Å². The summed E-state index contributed by atoms with van der Waals surface area (Å²) in [6, 6.07) is 0. The van der Waals surface area contributed by atoms with Crippen LogP contribution in [0.1, 0.15) is 165 Å². The average Bonchev–Trinajstić information content (AvgIpc) is 2.77. The topological polar surface area (TPSA) is 26.3 Å². The molecule has 0 aliphatic carbocycles. The molecule has 0 aliphatic heterocycles. The van der Waals surface area contributed by atoms with Crippen molar-refractivity contribution in [1.29, 1.82) is 0 Å². The summed E-state index contributed by atoms with van der Waals surface area (Å²) in [6.45, 7) is 14.4. The molecule has 0 aromatic heterocycles. The minimum absolute atomic E-state index is 0. The van der Waals surface area contributed by atoms with Crippen LogP contribution in [-0.2, 0) is 9.53 Å². The third kappa shape index (κ3) is 28.6. The van der Waals surface area contributed by atoms with Crippen molar-refractivity contribution in [2.45, 2.75) is 164 Å². The number of esters is 1. The van der Waals surface area contributed by atoms with Gasteiger partial charge in [0.1, 0.15) is 0 Å². The summed E-state index contributed by atoms with van der Waals surface area (Å²) in [7, 11) is 0. The molecule has 2 atom stereocenters. The molecule has 35 heavy (non-hydrogen) atoms. The van der Waals surface area contributed by atoms with E-state index in [1.54, 1.807) is 6.08 Å². The Labute approximate surface area is 245 Å². The summed E-state index contributed by atoms with van der Waals surface area (Å²) in [4.78, 5) is 12.0. The van der Waals surface area contributed by atoms with Crippen LogP contribution in [0, 0.1) is 17.8 Å². The van der Waals surface area contributed by atoms with Crippen molar-refractivity contribution >= 4 is 5.97 Å². The Morgan fingerprint density at radius 3 is 1.66 bits per heavy atom. The first-order chi connectivity index (χ1) is 16.3. The fourth-order valence-electron chi connectivity index (χ4n) is 4.78. The summed E-state index contributed by atoms with van der Waals surface area (Å²) in [5, 5.41) is 0. The molecule has 204 valence electrons. The zero-order valence-corrected chi connectivity index (χ0v) is 27.3. The standard InChI is InChI=1S/C32H62O2.Na.H/c1-7-8-9-10-11-12-13-14-15-16-26-34-32(33)27-31(6)25-19-24-30(5)23-18-22-29(4)21-17-20-28(2)3;;/h27-30H,7-26H2,1-6H3;;/q;+1;-1/b31-27+;;/t29-,30-;;/m1../s1. The van der Waals surface area contributed by atoms with Crippen LogP contribution in [0.15, 0.2) is 11.6 Å². The minimum Gasteiger partial charge on any atom is -1.00 e. The summed E-state index contributed by atoms with van der Waals surface area (Å²) >= 11 is 0. The maximum absolute atomic E-state index is 12.0. The number of allylic oxidation sites excluding steroid dienone is 1. The number of carbonyl (C=O) groups excluding carboxylic acids is 1. The Morgan fingerprint density at radius 2 is 1.14 bits per heavy atom. The normalized spacial score (nSPS) is 13.5. The molecule has 0 bridgehead atoms. The Balaban J connectivity index is -0.00000544. The zero-order chi connectivity index (χ0) is 25.4. The summed E-state index contributed by atoms with van der Waals surface area (Å²) in [5.74, 6) is 2.37. The summed E-state index contributed by atoms with van der Waals surface area (Å²) in [6.07, 6.45) is 26.5. The van der Waals surface area contributed by atoms with Gasteiger partial charge in [-0.15, -0.1) is 0 Å². The van der Waals surface area contributed by atoms with Crippen LogP contribution in [0.5, 0.6) is 0 Å². The zero-order valence-electron chi connectivity index (χ0n) is 26.3. The Morgan fingerprint density at radius 1 is 0.686 bits per heavy atom. The summed E-state index contributed by atoms with van der Waals surface area (Å²) in [5.41, 5.74) is 1.17. The van der Waals surface area contributed by atoms with Crippen LogP contribution in [0.2, 0.25) is 0 Å². The first kappa shape index (κ1) is 37.4. The van der Waals surface area contributed by atoms with Gasteiger partial charge in [0.2, 0.25) is 0 Å². The third-order valence-electron chi connectivity index (χ3n) is 7.25. The predicted molar refractivity (Wildman–Crippen MR) is 152 cm³/mol. The molecule has 0 spiro atoms. The van der Waals surface area contributed by atoms with Crippen LogP contribution >= 0.6 is 0 Å². The molecule has 0 saturated heterocycles. The Hall–Kier alpha value is 0.210. The van der Waals surface area contributed by atoms with E-state index in [9.17, 15) is 4.79 Å². The van der Waals surface area contributed by atoms with Gasteiger partial charge in [0, 0.05) is 6.08 Å². The van der Waals surface area contributed by atoms with E-state index in [-0.39, 0.29) is 37.0 Å². The van der Waals surface area contributed by atoms with Gasteiger partial charge >= 0.3 is 35.5 Å². The van der Waals surface area contributed by atoms with Crippen molar-refractivity contribution in [3.8, 4) is 0 Å². The molecule has 0 heterocycles. The van der Waals surface area contributed by atoms with E-state index >= 15 is 0 Å². The van der Waals surface area contributed by atoms with E-state index in [0.717, 1.165) is 30.6 Å². The molecule has 0 fully saturated rings. The first-order valence-corrected chi connectivity index (χ1v) is 15.2. The molecule has 0 aromatic rings. The largest absolute Gasteiger partial charge is 1.00 e. The van der Waals surface area contributed by atoms with Gasteiger partial charge in [0.15, 0.2) is 0 Å². The monoisotopic (exact) mass is 502 g/mol. The average molecular weight is 503 g/mol. The maximum atomic E-state index is 12.0. The van der Waals surface area contributed by atoms with Crippen LogP contribution < -0.4 is 29.6 Å². The second-order valence-electron chi connectivity index (χ2n) is 11.7. The van der Waals surface area contributed by atoms with Gasteiger partial charge in [-0.1, -0.05) is 143 Å². The fourth-order valence-corrected chi connectivity index (χ4v) is 4.78. The fraction of sp³-hybridized carbons (Fsp3) is 0.906. The number of unbranched alkanes of at least 4 members (excludes halogenated alkanes) is 9. The molecule has 0 rings (SSSR count). The molecular formula is C32H63NaO2. The van der Waals surface area contributed by atoms with Gasteiger partial charge in [-0.05, 0) is 43.9 Å². The van der Waals surface area contributed by atoms with Crippen LogP contribution in [-0.4, -0.2) is 12.6 Å². The number of carbonyl (C=O) groups is 1. The Bertz CT molecular complexity index is 493. The predicted octanol–water partition coefficient (Wildman–Crippen LogP) is 7.95. The molecule has 0 radical (unpaired) electrons.